The molecule has 0 aromatic carbocycles. The Bertz CT molecular complexity index is 127. The summed E-state index contributed by atoms with van der Waals surface area (Å²) in [7, 11) is 0. The summed E-state index contributed by atoms with van der Waals surface area (Å²) in [6, 6.07) is 0.565. The van der Waals surface area contributed by atoms with Crippen molar-refractivity contribution in [2.24, 2.45) is 11.8 Å². The molecular formula is C9H18ClN. The Hall–Kier alpha value is 0.250. The van der Waals surface area contributed by atoms with Crippen LogP contribution in [-0.2, 0) is 0 Å². The minimum Gasteiger partial charge on any atom is -0.299 e. The molecule has 2 unspecified atom stereocenters. The summed E-state index contributed by atoms with van der Waals surface area (Å²) in [5, 5.41) is 3.39. The zero-order valence-electron chi connectivity index (χ0n) is 7.60. The lowest BCUT2D eigenvalue weighted by Gasteiger charge is -2.23. The highest BCUT2D eigenvalue weighted by atomic mass is 35.5. The van der Waals surface area contributed by atoms with Crippen molar-refractivity contribution in [3.05, 3.63) is 0 Å². The molecule has 4 atom stereocenters. The second-order valence-electron chi connectivity index (χ2n) is 3.84. The average molecular weight is 176 g/mol. The topological polar surface area (TPSA) is 12.0 Å². The third kappa shape index (κ3) is 2.34. The summed E-state index contributed by atoms with van der Waals surface area (Å²) in [6.07, 6.45) is 2.37. The highest BCUT2D eigenvalue weighted by Crippen LogP contribution is 2.25. The Morgan fingerprint density at radius 2 is 1.82 bits per heavy atom. The molecule has 1 heterocycles. The third-order valence-corrected chi connectivity index (χ3v) is 3.35. The van der Waals surface area contributed by atoms with Crippen molar-refractivity contribution >= 4 is 11.6 Å². The smallest absolute Gasteiger partial charge is 0.0827 e. The van der Waals surface area contributed by atoms with Gasteiger partial charge in [0.2, 0.25) is 0 Å². The second kappa shape index (κ2) is 3.77. The Morgan fingerprint density at radius 1 is 1.18 bits per heavy atom. The first kappa shape index (κ1) is 9.34. The van der Waals surface area contributed by atoms with Crippen LogP contribution in [0, 0.1) is 11.8 Å². The molecular weight excluding hydrogens is 158 g/mol. The Kier molecular flexibility index (Phi) is 3.20. The van der Waals surface area contributed by atoms with Crippen LogP contribution in [-0.4, -0.2) is 11.5 Å². The van der Waals surface area contributed by atoms with Gasteiger partial charge in [-0.05, 0) is 31.6 Å². The Morgan fingerprint density at radius 3 is 2.45 bits per heavy atom. The molecule has 0 aromatic rings. The van der Waals surface area contributed by atoms with Gasteiger partial charge >= 0.3 is 0 Å². The summed E-state index contributed by atoms with van der Waals surface area (Å²) >= 11 is 6.04. The van der Waals surface area contributed by atoms with Crippen molar-refractivity contribution in [1.29, 1.82) is 0 Å². The van der Waals surface area contributed by atoms with Crippen LogP contribution in [0.25, 0.3) is 0 Å². The molecule has 0 spiro atoms. The normalized spacial score (nSPS) is 46.9. The van der Waals surface area contributed by atoms with E-state index < -0.39 is 0 Å². The van der Waals surface area contributed by atoms with Gasteiger partial charge in [0, 0.05) is 6.04 Å². The van der Waals surface area contributed by atoms with Crippen LogP contribution in [0.5, 0.6) is 0 Å². The average Bonchev–Trinajstić information content (AvgIpc) is 2.05. The van der Waals surface area contributed by atoms with Gasteiger partial charge in [-0.15, -0.1) is 11.6 Å². The van der Waals surface area contributed by atoms with E-state index in [0.29, 0.717) is 6.04 Å². The molecule has 0 saturated carbocycles. The number of hydrogen-bond acceptors (Lipinski definition) is 1. The highest BCUT2D eigenvalue weighted by Gasteiger charge is 2.24. The summed E-state index contributed by atoms with van der Waals surface area (Å²) in [4.78, 5) is 0. The molecule has 0 amide bonds. The lowest BCUT2D eigenvalue weighted by atomic mass is 9.88. The van der Waals surface area contributed by atoms with E-state index in [4.69, 9.17) is 11.6 Å². The minimum absolute atomic E-state index is 0.192. The molecule has 2 heteroatoms. The molecule has 66 valence electrons. The van der Waals surface area contributed by atoms with Crippen LogP contribution in [0.4, 0.5) is 0 Å². The van der Waals surface area contributed by atoms with Gasteiger partial charge in [-0.3, -0.25) is 5.32 Å². The van der Waals surface area contributed by atoms with Crippen LogP contribution < -0.4 is 5.32 Å². The van der Waals surface area contributed by atoms with Crippen LogP contribution in [0.1, 0.15) is 33.6 Å². The van der Waals surface area contributed by atoms with Gasteiger partial charge in [-0.25, -0.2) is 0 Å². The number of hydrogen-bond donors (Lipinski definition) is 1. The fraction of sp³-hybridized carbons (Fsp3) is 1.00. The van der Waals surface area contributed by atoms with E-state index in [0.717, 1.165) is 18.3 Å². The monoisotopic (exact) mass is 175 g/mol. The molecule has 1 aliphatic rings. The van der Waals surface area contributed by atoms with Gasteiger partial charge in [0.1, 0.15) is 0 Å². The summed E-state index contributed by atoms with van der Waals surface area (Å²) in [5.74, 6) is 1.56. The lowest BCUT2D eigenvalue weighted by Crippen LogP contribution is -2.36. The van der Waals surface area contributed by atoms with Crippen LogP contribution >= 0.6 is 11.6 Å². The molecule has 1 rings (SSSR count). The van der Waals surface area contributed by atoms with E-state index in [9.17, 15) is 0 Å². The minimum atomic E-state index is 0.192. The molecule has 0 radical (unpaired) electrons. The van der Waals surface area contributed by atoms with E-state index in [1.54, 1.807) is 0 Å². The number of halogens is 1. The van der Waals surface area contributed by atoms with Crippen molar-refractivity contribution in [2.45, 2.75) is 45.2 Å². The van der Waals surface area contributed by atoms with Gasteiger partial charge in [0.15, 0.2) is 0 Å². The fourth-order valence-electron chi connectivity index (χ4n) is 1.69. The van der Waals surface area contributed by atoms with E-state index in [2.05, 4.69) is 26.1 Å². The van der Waals surface area contributed by atoms with Crippen LogP contribution in [0.2, 0.25) is 0 Å². The highest BCUT2D eigenvalue weighted by molar-refractivity contribution is 6.20. The van der Waals surface area contributed by atoms with Crippen molar-refractivity contribution in [3.8, 4) is 0 Å². The summed E-state index contributed by atoms with van der Waals surface area (Å²) in [5.41, 5.74) is 0.192. The van der Waals surface area contributed by atoms with E-state index in [1.165, 1.54) is 6.42 Å². The number of rotatable bonds is 0. The van der Waals surface area contributed by atoms with Crippen LogP contribution in [0.3, 0.4) is 0 Å². The first-order chi connectivity index (χ1) is 5.11. The van der Waals surface area contributed by atoms with Crippen molar-refractivity contribution in [3.63, 3.8) is 0 Å². The van der Waals surface area contributed by atoms with Gasteiger partial charge in [0.25, 0.3) is 0 Å². The Labute approximate surface area is 74.5 Å². The first-order valence-electron chi connectivity index (χ1n) is 4.51. The van der Waals surface area contributed by atoms with Crippen molar-refractivity contribution in [1.82, 2.24) is 5.32 Å². The van der Waals surface area contributed by atoms with E-state index in [1.807, 2.05) is 0 Å². The molecule has 0 bridgehead atoms. The van der Waals surface area contributed by atoms with E-state index in [-0.39, 0.29) is 5.50 Å². The van der Waals surface area contributed by atoms with Gasteiger partial charge in [-0.1, -0.05) is 13.8 Å². The van der Waals surface area contributed by atoms with Gasteiger partial charge in [-0.2, -0.15) is 0 Å². The molecule has 1 aliphatic heterocycles. The zero-order valence-corrected chi connectivity index (χ0v) is 8.36. The molecule has 0 aliphatic carbocycles. The van der Waals surface area contributed by atoms with E-state index >= 15 is 0 Å². The van der Waals surface area contributed by atoms with Crippen molar-refractivity contribution in [2.75, 3.05) is 0 Å². The largest absolute Gasteiger partial charge is 0.299 e. The lowest BCUT2D eigenvalue weighted by molar-refractivity contribution is 0.320. The second-order valence-corrected chi connectivity index (χ2v) is 4.36. The molecule has 1 N–H and O–H groups in total. The SMILES string of the molecule is CC1CCC(Cl)N[C@H](C)[C@@H]1C. The van der Waals surface area contributed by atoms with Gasteiger partial charge in [0.05, 0.1) is 5.50 Å². The zero-order chi connectivity index (χ0) is 8.43. The standard InChI is InChI=1S/C9H18ClN/c1-6-4-5-9(10)11-8(3)7(6)2/h6-9,11H,4-5H2,1-3H3/t6?,7-,8-,9?/m1/s1. The van der Waals surface area contributed by atoms with Crippen molar-refractivity contribution < 1.29 is 0 Å². The number of alkyl halides is 1. The third-order valence-electron chi connectivity index (χ3n) is 3.01. The molecule has 1 fully saturated rings. The maximum Gasteiger partial charge on any atom is 0.0827 e. The Balaban J connectivity index is 2.53. The maximum atomic E-state index is 6.04. The molecule has 1 saturated heterocycles. The summed E-state index contributed by atoms with van der Waals surface area (Å²) in [6.45, 7) is 6.84. The maximum absolute atomic E-state index is 6.04. The summed E-state index contributed by atoms with van der Waals surface area (Å²) < 4.78 is 0. The fourth-order valence-corrected chi connectivity index (χ4v) is 2.01. The first-order valence-corrected chi connectivity index (χ1v) is 4.95. The van der Waals surface area contributed by atoms with Gasteiger partial charge < -0.3 is 0 Å². The predicted molar refractivity (Wildman–Crippen MR) is 49.8 cm³/mol. The van der Waals surface area contributed by atoms with Crippen LogP contribution in [0.15, 0.2) is 0 Å². The molecule has 1 nitrogen and oxygen atoms in total. The number of nitrogens with one attached hydrogen (secondary N) is 1. The quantitative estimate of drug-likeness (QED) is 0.441. The molecule has 11 heavy (non-hydrogen) atoms. The molecule has 0 aromatic heterocycles. The predicted octanol–water partition coefficient (Wildman–Crippen LogP) is 2.60.